The number of carbonyl (C=O) groups excluding carboxylic acids is 3. The molecule has 2 atom stereocenters. The third-order valence-corrected chi connectivity index (χ3v) is 6.40. The number of aliphatic hydroxyl groups excluding tert-OH is 1. The molecule has 0 spiro atoms. The van der Waals surface area contributed by atoms with E-state index in [-0.39, 0.29) is 25.4 Å². The van der Waals surface area contributed by atoms with Gasteiger partial charge in [0.05, 0.1) is 19.2 Å². The second kappa shape index (κ2) is 12.4. The molecule has 3 rings (SSSR count). The number of primary amides is 1. The maximum absolute atomic E-state index is 12.8. The molecule has 2 aliphatic rings. The van der Waals surface area contributed by atoms with Crippen LogP contribution in [0.25, 0.3) is 0 Å². The number of rotatable bonds is 9. The van der Waals surface area contributed by atoms with Crippen molar-refractivity contribution >= 4 is 17.9 Å². The molecule has 182 valence electrons. The largest absolute Gasteiger partial charge is 0.491 e. The Morgan fingerprint density at radius 3 is 2.70 bits per heavy atom. The fraction of sp³-hybridized carbons (Fsp3) is 0.625. The van der Waals surface area contributed by atoms with E-state index in [1.165, 1.54) is 6.42 Å². The summed E-state index contributed by atoms with van der Waals surface area (Å²) in [4.78, 5) is 38.6. The number of aliphatic hydroxyl groups is 1. The molecule has 1 aromatic carbocycles. The Labute approximate surface area is 194 Å². The third kappa shape index (κ3) is 7.63. The van der Waals surface area contributed by atoms with Crippen LogP contribution in [-0.2, 0) is 20.9 Å². The number of nitrogens with one attached hydrogen (secondary N) is 1. The molecule has 2 unspecified atom stereocenters. The summed E-state index contributed by atoms with van der Waals surface area (Å²) in [6.45, 7) is 1.02. The standard InChI is InChI=1S/C24H35N3O6/c25-24(31)33-21(14-17-6-2-1-3-7-17)23(30)26-19(16-28)10-11-22(29)27-12-13-32-20-9-5-4-8-18(20)15-27/h4-5,8-9,17,19,21,28H,1-3,6-7,10-16H2,(H2,25,31)(H,26,30). The van der Waals surface area contributed by atoms with Crippen molar-refractivity contribution < 1.29 is 29.0 Å². The molecule has 1 aliphatic carbocycles. The summed E-state index contributed by atoms with van der Waals surface area (Å²) < 4.78 is 10.8. The predicted octanol–water partition coefficient (Wildman–Crippen LogP) is 2.10. The molecule has 9 heteroatoms. The number of amides is 3. The van der Waals surface area contributed by atoms with Gasteiger partial charge in [0.2, 0.25) is 5.91 Å². The molecule has 9 nitrogen and oxygen atoms in total. The minimum Gasteiger partial charge on any atom is -0.491 e. The zero-order valence-corrected chi connectivity index (χ0v) is 19.0. The molecule has 3 amide bonds. The lowest BCUT2D eigenvalue weighted by Gasteiger charge is -2.27. The van der Waals surface area contributed by atoms with Crippen molar-refractivity contribution in [1.82, 2.24) is 10.2 Å². The fourth-order valence-corrected chi connectivity index (χ4v) is 4.57. The van der Waals surface area contributed by atoms with Crippen molar-refractivity contribution in [2.24, 2.45) is 11.7 Å². The van der Waals surface area contributed by atoms with Gasteiger partial charge in [-0.15, -0.1) is 0 Å². The molecule has 0 aromatic heterocycles. The van der Waals surface area contributed by atoms with Gasteiger partial charge >= 0.3 is 6.09 Å². The summed E-state index contributed by atoms with van der Waals surface area (Å²) in [6, 6.07) is 7.00. The summed E-state index contributed by atoms with van der Waals surface area (Å²) in [5.41, 5.74) is 6.12. The van der Waals surface area contributed by atoms with Crippen LogP contribution < -0.4 is 15.8 Å². The first-order valence-corrected chi connectivity index (χ1v) is 11.8. The van der Waals surface area contributed by atoms with E-state index in [1.54, 1.807) is 4.90 Å². The lowest BCUT2D eigenvalue weighted by molar-refractivity contribution is -0.134. The molecule has 1 fully saturated rings. The molecule has 0 bridgehead atoms. The van der Waals surface area contributed by atoms with Crippen LogP contribution in [0.4, 0.5) is 4.79 Å². The molecule has 1 aromatic rings. The summed E-state index contributed by atoms with van der Waals surface area (Å²) in [7, 11) is 0. The number of ether oxygens (including phenoxy) is 2. The van der Waals surface area contributed by atoms with Crippen LogP contribution >= 0.6 is 0 Å². The van der Waals surface area contributed by atoms with E-state index < -0.39 is 24.1 Å². The van der Waals surface area contributed by atoms with Crippen molar-refractivity contribution in [2.75, 3.05) is 19.8 Å². The van der Waals surface area contributed by atoms with E-state index in [9.17, 15) is 19.5 Å². The second-order valence-corrected chi connectivity index (χ2v) is 8.86. The van der Waals surface area contributed by atoms with E-state index in [4.69, 9.17) is 15.2 Å². The highest BCUT2D eigenvalue weighted by Crippen LogP contribution is 2.28. The highest BCUT2D eigenvalue weighted by Gasteiger charge is 2.29. The van der Waals surface area contributed by atoms with Crippen molar-refractivity contribution in [3.8, 4) is 5.75 Å². The maximum atomic E-state index is 12.8. The van der Waals surface area contributed by atoms with Crippen LogP contribution in [0.15, 0.2) is 24.3 Å². The van der Waals surface area contributed by atoms with Crippen molar-refractivity contribution in [1.29, 1.82) is 0 Å². The number of carbonyl (C=O) groups is 3. The zero-order chi connectivity index (χ0) is 23.6. The first-order valence-electron chi connectivity index (χ1n) is 11.8. The van der Waals surface area contributed by atoms with Crippen molar-refractivity contribution in [3.05, 3.63) is 29.8 Å². The molecule has 0 saturated heterocycles. The van der Waals surface area contributed by atoms with E-state index in [2.05, 4.69) is 5.32 Å². The minimum atomic E-state index is -0.995. The molecule has 1 heterocycles. The van der Waals surface area contributed by atoms with Crippen molar-refractivity contribution in [2.45, 2.75) is 70.1 Å². The molecule has 33 heavy (non-hydrogen) atoms. The van der Waals surface area contributed by atoms with Gasteiger partial charge in [-0.2, -0.15) is 0 Å². The van der Waals surface area contributed by atoms with Gasteiger partial charge in [-0.3, -0.25) is 9.59 Å². The van der Waals surface area contributed by atoms with Gasteiger partial charge in [-0.05, 0) is 24.8 Å². The summed E-state index contributed by atoms with van der Waals surface area (Å²) in [5, 5.41) is 12.5. The highest BCUT2D eigenvalue weighted by atomic mass is 16.6. The zero-order valence-electron chi connectivity index (χ0n) is 19.0. The number of benzene rings is 1. The lowest BCUT2D eigenvalue weighted by Crippen LogP contribution is -2.46. The molecule has 1 aliphatic heterocycles. The average molecular weight is 462 g/mol. The van der Waals surface area contributed by atoms with Crippen molar-refractivity contribution in [3.63, 3.8) is 0 Å². The number of nitrogens with zero attached hydrogens (tertiary/aromatic N) is 1. The topological polar surface area (TPSA) is 131 Å². The number of para-hydroxylation sites is 1. The summed E-state index contributed by atoms with van der Waals surface area (Å²) in [6.07, 6.45) is 4.23. The molecule has 4 N–H and O–H groups in total. The van der Waals surface area contributed by atoms with Gasteiger partial charge in [0.1, 0.15) is 12.4 Å². The monoisotopic (exact) mass is 461 g/mol. The normalized spacial score (nSPS) is 18.3. The Morgan fingerprint density at radius 1 is 1.21 bits per heavy atom. The van der Waals surface area contributed by atoms with E-state index in [0.717, 1.165) is 37.0 Å². The molecular formula is C24H35N3O6. The van der Waals surface area contributed by atoms with Gasteiger partial charge in [0, 0.05) is 18.5 Å². The van der Waals surface area contributed by atoms with Crippen LogP contribution in [0.3, 0.4) is 0 Å². The Kier molecular flexibility index (Phi) is 9.35. The molecular weight excluding hydrogens is 426 g/mol. The Bertz CT molecular complexity index is 811. The average Bonchev–Trinajstić information content (AvgIpc) is 3.04. The smallest absolute Gasteiger partial charge is 0.405 e. The highest BCUT2D eigenvalue weighted by molar-refractivity contribution is 5.83. The first kappa shape index (κ1) is 24.8. The SMILES string of the molecule is NC(=O)OC(CC1CCCCC1)C(=O)NC(CO)CCC(=O)N1CCOc2ccccc2C1. The Morgan fingerprint density at radius 2 is 1.97 bits per heavy atom. The lowest BCUT2D eigenvalue weighted by atomic mass is 9.85. The Balaban J connectivity index is 1.52. The van der Waals surface area contributed by atoms with Gasteiger partial charge in [-0.1, -0.05) is 50.3 Å². The van der Waals surface area contributed by atoms with Gasteiger partial charge in [0.15, 0.2) is 6.10 Å². The van der Waals surface area contributed by atoms with Crippen LogP contribution in [0.2, 0.25) is 0 Å². The van der Waals surface area contributed by atoms with Gasteiger partial charge in [0.25, 0.3) is 5.91 Å². The first-order chi connectivity index (χ1) is 16.0. The van der Waals surface area contributed by atoms with E-state index in [0.29, 0.717) is 32.0 Å². The number of nitrogens with two attached hydrogens (primary N) is 1. The Hall–Kier alpha value is -2.81. The maximum Gasteiger partial charge on any atom is 0.405 e. The quantitative estimate of drug-likeness (QED) is 0.516. The third-order valence-electron chi connectivity index (χ3n) is 6.40. The van der Waals surface area contributed by atoms with Crippen LogP contribution in [0.1, 0.15) is 56.9 Å². The second-order valence-electron chi connectivity index (χ2n) is 8.86. The van der Waals surface area contributed by atoms with Gasteiger partial charge < -0.3 is 30.5 Å². The van der Waals surface area contributed by atoms with Crippen LogP contribution in [0.5, 0.6) is 5.75 Å². The number of fused-ring (bicyclic) bond motifs is 1. The number of hydrogen-bond donors (Lipinski definition) is 3. The number of hydrogen-bond acceptors (Lipinski definition) is 6. The summed E-state index contributed by atoms with van der Waals surface area (Å²) in [5.74, 6) is 0.529. The minimum absolute atomic E-state index is 0.0739. The molecule has 0 radical (unpaired) electrons. The van der Waals surface area contributed by atoms with Crippen LogP contribution in [0, 0.1) is 5.92 Å². The predicted molar refractivity (Wildman–Crippen MR) is 121 cm³/mol. The molecule has 1 saturated carbocycles. The van der Waals surface area contributed by atoms with Crippen LogP contribution in [-0.4, -0.2) is 59.8 Å². The summed E-state index contributed by atoms with van der Waals surface area (Å²) >= 11 is 0. The van der Waals surface area contributed by atoms with Gasteiger partial charge in [-0.25, -0.2) is 4.79 Å². The van der Waals surface area contributed by atoms with E-state index in [1.807, 2.05) is 24.3 Å². The fourth-order valence-electron chi connectivity index (χ4n) is 4.57. The van der Waals surface area contributed by atoms with E-state index >= 15 is 0 Å².